The molecule has 2 aromatic rings. The molecule has 11 heteroatoms. The fourth-order valence-electron chi connectivity index (χ4n) is 5.64. The van der Waals surface area contributed by atoms with Crippen molar-refractivity contribution in [3.05, 3.63) is 58.9 Å². The molecule has 1 atom stereocenters. The van der Waals surface area contributed by atoms with Crippen LogP contribution in [0.5, 0.6) is 5.75 Å². The third kappa shape index (κ3) is 7.27. The van der Waals surface area contributed by atoms with Gasteiger partial charge in [-0.05, 0) is 96.2 Å². The van der Waals surface area contributed by atoms with Gasteiger partial charge in [-0.3, -0.25) is 34.4 Å². The molecule has 5 rings (SSSR count). The average Bonchev–Trinajstić information content (AvgIpc) is 3.20. The van der Waals surface area contributed by atoms with E-state index in [2.05, 4.69) is 15.2 Å². The van der Waals surface area contributed by atoms with Gasteiger partial charge in [-0.15, -0.1) is 0 Å². The lowest BCUT2D eigenvalue weighted by Gasteiger charge is -2.32. The van der Waals surface area contributed by atoms with Crippen LogP contribution in [0.4, 0.5) is 0 Å². The van der Waals surface area contributed by atoms with Gasteiger partial charge >= 0.3 is 5.97 Å². The van der Waals surface area contributed by atoms with Crippen LogP contribution in [0.25, 0.3) is 0 Å². The van der Waals surface area contributed by atoms with Crippen LogP contribution in [0.3, 0.4) is 0 Å². The molecular formula is C32H38N4O7. The topological polar surface area (TPSA) is 135 Å². The summed E-state index contributed by atoms with van der Waals surface area (Å²) in [6.45, 7) is 8.30. The number of nitrogens with zero attached hydrogens (tertiary/aromatic N) is 3. The predicted octanol–water partition coefficient (Wildman–Crippen LogP) is 3.30. The number of pyridine rings is 1. The number of aromatic nitrogens is 1. The summed E-state index contributed by atoms with van der Waals surface area (Å²) in [5, 5.41) is 2.21. The van der Waals surface area contributed by atoms with E-state index >= 15 is 0 Å². The zero-order chi connectivity index (χ0) is 30.7. The first kappa shape index (κ1) is 30.3. The van der Waals surface area contributed by atoms with Crippen LogP contribution in [0.15, 0.2) is 36.5 Å². The number of imide groups is 2. The van der Waals surface area contributed by atoms with Crippen LogP contribution >= 0.6 is 0 Å². The summed E-state index contributed by atoms with van der Waals surface area (Å²) in [7, 11) is 0. The third-order valence-electron chi connectivity index (χ3n) is 7.87. The van der Waals surface area contributed by atoms with Gasteiger partial charge in [0.25, 0.3) is 11.8 Å². The summed E-state index contributed by atoms with van der Waals surface area (Å²) in [4.78, 5) is 69.7. The number of aryl methyl sites for hydroxylation is 1. The number of carbonyl (C=O) groups excluding carboxylic acids is 5. The second-order valence-electron chi connectivity index (χ2n) is 12.3. The number of likely N-dealkylation sites (tertiary alicyclic amines) is 1. The highest BCUT2D eigenvalue weighted by atomic mass is 16.6. The fraction of sp³-hybridized carbons (Fsp3) is 0.500. The van der Waals surface area contributed by atoms with E-state index in [1.54, 1.807) is 30.5 Å². The molecule has 1 aromatic carbocycles. The molecule has 0 spiro atoms. The maximum absolute atomic E-state index is 13.1. The smallest absolute Gasteiger partial charge is 0.340 e. The van der Waals surface area contributed by atoms with Crippen LogP contribution in [-0.4, -0.2) is 81.8 Å². The molecule has 11 nitrogen and oxygen atoms in total. The predicted molar refractivity (Wildman–Crippen MR) is 156 cm³/mol. The molecule has 0 bridgehead atoms. The largest absolute Gasteiger partial charge is 0.490 e. The molecule has 0 radical (unpaired) electrons. The Morgan fingerprint density at radius 2 is 1.72 bits per heavy atom. The van der Waals surface area contributed by atoms with E-state index in [9.17, 15) is 24.0 Å². The molecule has 228 valence electrons. The highest BCUT2D eigenvalue weighted by Crippen LogP contribution is 2.31. The standard InChI is InChI=1S/C32H38N4O7/c1-32(2,3)43-31(41)20-7-8-21(33-19-20)6-4-5-15-35-16-13-22(14-17-35)42-23-9-10-24-25(18-23)30(40)36(29(24)39)26-11-12-27(37)34-28(26)38/h7-10,18-19,22,26H,4-6,11-17H2,1-3H3,(H,34,37,38). The Morgan fingerprint density at radius 3 is 2.40 bits per heavy atom. The fourth-order valence-corrected chi connectivity index (χ4v) is 5.64. The van der Waals surface area contributed by atoms with Crippen LogP contribution in [0.2, 0.25) is 0 Å². The normalized spacial score (nSPS) is 19.8. The Labute approximate surface area is 250 Å². The Balaban J connectivity index is 1.04. The molecule has 43 heavy (non-hydrogen) atoms. The van der Waals surface area contributed by atoms with Crippen molar-refractivity contribution in [2.75, 3.05) is 19.6 Å². The summed E-state index contributed by atoms with van der Waals surface area (Å²) in [6.07, 6.45) is 6.35. The maximum Gasteiger partial charge on any atom is 0.340 e. The quantitative estimate of drug-likeness (QED) is 0.265. The average molecular weight is 591 g/mol. The van der Waals surface area contributed by atoms with E-state index in [-0.39, 0.29) is 36.0 Å². The first-order valence-corrected chi connectivity index (χ1v) is 14.9. The second kappa shape index (κ2) is 12.6. The molecule has 4 heterocycles. The van der Waals surface area contributed by atoms with Gasteiger partial charge in [0.15, 0.2) is 0 Å². The lowest BCUT2D eigenvalue weighted by molar-refractivity contribution is -0.136. The summed E-state index contributed by atoms with van der Waals surface area (Å²) < 4.78 is 11.6. The number of rotatable bonds is 9. The number of hydrogen-bond donors (Lipinski definition) is 1. The minimum absolute atomic E-state index is 0.000400. The van der Waals surface area contributed by atoms with Gasteiger partial charge in [-0.25, -0.2) is 4.79 Å². The first-order valence-electron chi connectivity index (χ1n) is 14.9. The van der Waals surface area contributed by atoms with Crippen molar-refractivity contribution in [2.24, 2.45) is 0 Å². The number of carbonyl (C=O) groups is 5. The van der Waals surface area contributed by atoms with Gasteiger partial charge in [0.05, 0.1) is 16.7 Å². The minimum Gasteiger partial charge on any atom is -0.490 e. The molecule has 1 unspecified atom stereocenters. The number of hydrogen-bond acceptors (Lipinski definition) is 9. The van der Waals surface area contributed by atoms with Crippen LogP contribution in [0.1, 0.15) is 96.1 Å². The molecule has 0 saturated carbocycles. The number of piperidine rings is 2. The Hall–Kier alpha value is -4.12. The number of nitrogens with one attached hydrogen (secondary N) is 1. The van der Waals surface area contributed by atoms with Gasteiger partial charge in [-0.2, -0.15) is 0 Å². The molecule has 3 aliphatic heterocycles. The van der Waals surface area contributed by atoms with Crippen molar-refractivity contribution >= 4 is 29.6 Å². The van der Waals surface area contributed by atoms with E-state index in [1.807, 2.05) is 26.8 Å². The monoisotopic (exact) mass is 590 g/mol. The zero-order valence-electron chi connectivity index (χ0n) is 24.9. The van der Waals surface area contributed by atoms with Gasteiger partial charge in [-0.1, -0.05) is 0 Å². The third-order valence-corrected chi connectivity index (χ3v) is 7.87. The highest BCUT2D eigenvalue weighted by molar-refractivity contribution is 6.23. The number of ether oxygens (including phenoxy) is 2. The Bertz CT molecular complexity index is 1410. The van der Waals surface area contributed by atoms with E-state index in [4.69, 9.17) is 9.47 Å². The summed E-state index contributed by atoms with van der Waals surface area (Å²) in [5.74, 6) is -1.93. The van der Waals surface area contributed by atoms with Crippen molar-refractivity contribution in [3.8, 4) is 5.75 Å². The number of amides is 4. The van der Waals surface area contributed by atoms with Gasteiger partial charge in [0.1, 0.15) is 23.5 Å². The van der Waals surface area contributed by atoms with Crippen LogP contribution in [-0.2, 0) is 20.7 Å². The number of benzene rings is 1. The van der Waals surface area contributed by atoms with E-state index in [0.717, 1.165) is 62.3 Å². The molecule has 2 fully saturated rings. The summed E-state index contributed by atoms with van der Waals surface area (Å²) in [5.41, 5.74) is 1.33. The summed E-state index contributed by atoms with van der Waals surface area (Å²) in [6, 6.07) is 7.52. The Kier molecular flexibility index (Phi) is 8.91. The number of unbranched alkanes of at least 4 members (excludes halogenated alkanes) is 1. The van der Waals surface area contributed by atoms with E-state index in [0.29, 0.717) is 11.3 Å². The van der Waals surface area contributed by atoms with Crippen LogP contribution in [0, 0.1) is 0 Å². The lowest BCUT2D eigenvalue weighted by Crippen LogP contribution is -2.54. The van der Waals surface area contributed by atoms with Crippen LogP contribution < -0.4 is 10.1 Å². The molecule has 1 aromatic heterocycles. The molecule has 3 aliphatic rings. The van der Waals surface area contributed by atoms with Gasteiger partial charge < -0.3 is 14.4 Å². The lowest BCUT2D eigenvalue weighted by atomic mass is 10.0. The maximum atomic E-state index is 13.1. The highest BCUT2D eigenvalue weighted by Gasteiger charge is 2.44. The van der Waals surface area contributed by atoms with Crippen molar-refractivity contribution in [1.82, 2.24) is 20.1 Å². The molecular weight excluding hydrogens is 552 g/mol. The van der Waals surface area contributed by atoms with Crippen molar-refractivity contribution in [2.45, 2.75) is 83.5 Å². The van der Waals surface area contributed by atoms with Gasteiger partial charge in [0.2, 0.25) is 11.8 Å². The number of esters is 1. The zero-order valence-corrected chi connectivity index (χ0v) is 24.9. The summed E-state index contributed by atoms with van der Waals surface area (Å²) >= 11 is 0. The van der Waals surface area contributed by atoms with E-state index in [1.165, 1.54) is 0 Å². The second-order valence-corrected chi connectivity index (χ2v) is 12.3. The minimum atomic E-state index is -0.986. The van der Waals surface area contributed by atoms with Crippen molar-refractivity contribution in [3.63, 3.8) is 0 Å². The van der Waals surface area contributed by atoms with Crippen molar-refractivity contribution in [1.29, 1.82) is 0 Å². The van der Waals surface area contributed by atoms with E-state index < -0.39 is 35.3 Å². The van der Waals surface area contributed by atoms with Gasteiger partial charge in [0, 0.05) is 31.4 Å². The first-order chi connectivity index (χ1) is 20.5. The molecule has 1 N–H and O–H groups in total. The molecule has 2 saturated heterocycles. The number of fused-ring (bicyclic) bond motifs is 1. The Morgan fingerprint density at radius 1 is 0.977 bits per heavy atom. The molecule has 4 amide bonds. The SMILES string of the molecule is CC(C)(C)OC(=O)c1ccc(CCCCN2CCC(Oc3ccc4c(c3)C(=O)N(C3CCC(=O)NC3=O)C4=O)CC2)nc1. The van der Waals surface area contributed by atoms with Crippen molar-refractivity contribution < 1.29 is 33.4 Å². The molecule has 0 aliphatic carbocycles.